The van der Waals surface area contributed by atoms with Crippen molar-refractivity contribution in [3.05, 3.63) is 39.9 Å². The SMILES string of the molecule is Cc1c(C(=O)N[C@H](C)CCC(C)C)cnn1-c1ccc(=O)[nH]n1. The standard InChI is InChI=1S/C16H23N5O2/c1-10(2)5-6-11(3)18-16(23)13-9-17-21(12(13)4)14-7-8-15(22)20-19-14/h7-11H,5-6H2,1-4H3,(H,18,23)(H,20,22)/t11-/m1/s1. The summed E-state index contributed by atoms with van der Waals surface area (Å²) < 4.78 is 1.53. The van der Waals surface area contributed by atoms with E-state index in [1.807, 2.05) is 6.92 Å². The number of hydrogen-bond donors (Lipinski definition) is 2. The van der Waals surface area contributed by atoms with Gasteiger partial charge < -0.3 is 5.32 Å². The van der Waals surface area contributed by atoms with E-state index in [0.717, 1.165) is 12.8 Å². The number of aromatic amines is 1. The summed E-state index contributed by atoms with van der Waals surface area (Å²) in [4.78, 5) is 23.4. The van der Waals surface area contributed by atoms with Crippen molar-refractivity contribution in [1.29, 1.82) is 0 Å². The van der Waals surface area contributed by atoms with Gasteiger partial charge in [-0.15, -0.1) is 0 Å². The van der Waals surface area contributed by atoms with Crippen LogP contribution in [0, 0.1) is 12.8 Å². The fraction of sp³-hybridized carbons (Fsp3) is 0.500. The molecule has 0 fully saturated rings. The van der Waals surface area contributed by atoms with E-state index in [2.05, 4.69) is 34.5 Å². The lowest BCUT2D eigenvalue weighted by Gasteiger charge is -2.14. The fourth-order valence-corrected chi connectivity index (χ4v) is 2.28. The van der Waals surface area contributed by atoms with Crippen LogP contribution in [0.5, 0.6) is 0 Å². The van der Waals surface area contributed by atoms with Crippen molar-refractivity contribution in [2.45, 2.75) is 46.6 Å². The quantitative estimate of drug-likeness (QED) is 0.850. The number of hydrogen-bond acceptors (Lipinski definition) is 4. The highest BCUT2D eigenvalue weighted by Gasteiger charge is 2.17. The highest BCUT2D eigenvalue weighted by molar-refractivity contribution is 5.95. The average Bonchev–Trinajstić information content (AvgIpc) is 2.88. The molecule has 0 saturated carbocycles. The maximum absolute atomic E-state index is 12.4. The summed E-state index contributed by atoms with van der Waals surface area (Å²) in [5, 5.41) is 13.5. The molecule has 7 heteroatoms. The summed E-state index contributed by atoms with van der Waals surface area (Å²) in [6.07, 6.45) is 3.53. The number of carbonyl (C=O) groups is 1. The Morgan fingerprint density at radius 3 is 2.65 bits per heavy atom. The third kappa shape index (κ3) is 4.28. The third-order valence-electron chi connectivity index (χ3n) is 3.69. The first-order chi connectivity index (χ1) is 10.9. The van der Waals surface area contributed by atoms with Crippen LogP contribution >= 0.6 is 0 Å². The van der Waals surface area contributed by atoms with Crippen LogP contribution in [0.1, 0.15) is 49.7 Å². The molecule has 7 nitrogen and oxygen atoms in total. The van der Waals surface area contributed by atoms with Gasteiger partial charge >= 0.3 is 0 Å². The molecule has 2 N–H and O–H groups in total. The molecule has 124 valence electrons. The van der Waals surface area contributed by atoms with Crippen LogP contribution in [0.25, 0.3) is 5.82 Å². The largest absolute Gasteiger partial charge is 0.349 e. The molecule has 0 bridgehead atoms. The van der Waals surface area contributed by atoms with Crippen molar-refractivity contribution in [3.63, 3.8) is 0 Å². The van der Waals surface area contributed by atoms with Crippen LogP contribution in [0.3, 0.4) is 0 Å². The zero-order valence-electron chi connectivity index (χ0n) is 14.0. The van der Waals surface area contributed by atoms with Crippen LogP contribution < -0.4 is 10.9 Å². The predicted octanol–water partition coefficient (Wildman–Crippen LogP) is 1.82. The Morgan fingerprint density at radius 1 is 1.30 bits per heavy atom. The molecule has 0 aromatic carbocycles. The minimum Gasteiger partial charge on any atom is -0.349 e. The Hall–Kier alpha value is -2.44. The van der Waals surface area contributed by atoms with Crippen LogP contribution in [-0.4, -0.2) is 31.9 Å². The highest BCUT2D eigenvalue weighted by Crippen LogP contribution is 2.12. The van der Waals surface area contributed by atoms with Gasteiger partial charge in [-0.05, 0) is 38.7 Å². The molecule has 0 aliphatic heterocycles. The normalized spacial score (nSPS) is 12.4. The van der Waals surface area contributed by atoms with Gasteiger partial charge in [-0.1, -0.05) is 13.8 Å². The second kappa shape index (κ2) is 7.21. The molecule has 0 radical (unpaired) electrons. The molecule has 0 saturated heterocycles. The summed E-state index contributed by atoms with van der Waals surface area (Å²) in [5.74, 6) is 0.939. The molecular formula is C16H23N5O2. The topological polar surface area (TPSA) is 92.7 Å². The van der Waals surface area contributed by atoms with E-state index in [4.69, 9.17) is 0 Å². The van der Waals surface area contributed by atoms with E-state index in [-0.39, 0.29) is 17.5 Å². The predicted molar refractivity (Wildman–Crippen MR) is 87.7 cm³/mol. The van der Waals surface area contributed by atoms with Crippen LogP contribution in [0.2, 0.25) is 0 Å². The van der Waals surface area contributed by atoms with Gasteiger partial charge in [0, 0.05) is 12.1 Å². The third-order valence-corrected chi connectivity index (χ3v) is 3.69. The Morgan fingerprint density at radius 2 is 2.04 bits per heavy atom. The fourth-order valence-electron chi connectivity index (χ4n) is 2.28. The van der Waals surface area contributed by atoms with Gasteiger partial charge in [0.1, 0.15) is 0 Å². The number of carbonyl (C=O) groups excluding carboxylic acids is 1. The lowest BCUT2D eigenvalue weighted by molar-refractivity contribution is 0.0936. The molecule has 2 aromatic rings. The summed E-state index contributed by atoms with van der Waals surface area (Å²) in [7, 11) is 0. The van der Waals surface area contributed by atoms with E-state index in [0.29, 0.717) is 23.0 Å². The molecule has 1 atom stereocenters. The minimum absolute atomic E-state index is 0.110. The Labute approximate surface area is 135 Å². The van der Waals surface area contributed by atoms with Gasteiger partial charge in [0.2, 0.25) is 0 Å². The van der Waals surface area contributed by atoms with E-state index in [1.165, 1.54) is 16.9 Å². The number of nitrogens with one attached hydrogen (secondary N) is 2. The number of H-pyrrole nitrogens is 1. The summed E-state index contributed by atoms with van der Waals surface area (Å²) in [5.41, 5.74) is 0.906. The summed E-state index contributed by atoms with van der Waals surface area (Å²) in [6.45, 7) is 8.14. The number of amides is 1. The summed E-state index contributed by atoms with van der Waals surface area (Å²) >= 11 is 0. The van der Waals surface area contributed by atoms with Crippen LogP contribution in [0.4, 0.5) is 0 Å². The molecule has 0 unspecified atom stereocenters. The van der Waals surface area contributed by atoms with E-state index in [1.54, 1.807) is 13.0 Å². The Bertz CT molecular complexity index is 712. The van der Waals surface area contributed by atoms with Gasteiger partial charge in [-0.2, -0.15) is 10.2 Å². The monoisotopic (exact) mass is 317 g/mol. The zero-order chi connectivity index (χ0) is 17.0. The lowest BCUT2D eigenvalue weighted by Crippen LogP contribution is -2.33. The number of aromatic nitrogens is 4. The molecule has 0 aliphatic carbocycles. The number of nitrogens with zero attached hydrogens (tertiary/aromatic N) is 3. The minimum atomic E-state index is -0.282. The maximum Gasteiger partial charge on any atom is 0.264 e. The highest BCUT2D eigenvalue weighted by atomic mass is 16.1. The van der Waals surface area contributed by atoms with Gasteiger partial charge in [-0.3, -0.25) is 9.59 Å². The first-order valence-electron chi connectivity index (χ1n) is 7.80. The van der Waals surface area contributed by atoms with Crippen molar-refractivity contribution >= 4 is 5.91 Å². The average molecular weight is 317 g/mol. The number of rotatable bonds is 6. The van der Waals surface area contributed by atoms with E-state index < -0.39 is 0 Å². The van der Waals surface area contributed by atoms with Crippen molar-refractivity contribution in [1.82, 2.24) is 25.3 Å². The molecule has 0 spiro atoms. The first-order valence-corrected chi connectivity index (χ1v) is 7.80. The summed E-state index contributed by atoms with van der Waals surface area (Å²) in [6, 6.07) is 3.04. The van der Waals surface area contributed by atoms with Gasteiger partial charge in [0.05, 0.1) is 17.5 Å². The first kappa shape index (κ1) is 16.9. The molecule has 23 heavy (non-hydrogen) atoms. The molecule has 2 aromatic heterocycles. The van der Waals surface area contributed by atoms with Gasteiger partial charge in [-0.25, -0.2) is 9.78 Å². The van der Waals surface area contributed by atoms with Crippen molar-refractivity contribution in [2.75, 3.05) is 0 Å². The van der Waals surface area contributed by atoms with Gasteiger partial charge in [0.25, 0.3) is 11.5 Å². The Balaban J connectivity index is 2.10. The smallest absolute Gasteiger partial charge is 0.264 e. The lowest BCUT2D eigenvalue weighted by atomic mass is 10.0. The maximum atomic E-state index is 12.4. The zero-order valence-corrected chi connectivity index (χ0v) is 14.0. The molecule has 0 aliphatic rings. The second-order valence-electron chi connectivity index (χ2n) is 6.18. The van der Waals surface area contributed by atoms with E-state index >= 15 is 0 Å². The van der Waals surface area contributed by atoms with E-state index in [9.17, 15) is 9.59 Å². The molecular weight excluding hydrogens is 294 g/mol. The van der Waals surface area contributed by atoms with Gasteiger partial charge in [0.15, 0.2) is 5.82 Å². The Kier molecular flexibility index (Phi) is 5.31. The van der Waals surface area contributed by atoms with Crippen LogP contribution in [-0.2, 0) is 0 Å². The second-order valence-corrected chi connectivity index (χ2v) is 6.18. The molecule has 2 heterocycles. The van der Waals surface area contributed by atoms with Crippen molar-refractivity contribution in [2.24, 2.45) is 5.92 Å². The van der Waals surface area contributed by atoms with Crippen molar-refractivity contribution < 1.29 is 4.79 Å². The molecule has 2 rings (SSSR count). The van der Waals surface area contributed by atoms with Crippen molar-refractivity contribution in [3.8, 4) is 5.82 Å². The van der Waals surface area contributed by atoms with Crippen LogP contribution in [0.15, 0.2) is 23.1 Å². The molecule has 1 amide bonds.